The monoisotopic (exact) mass is 920 g/mol. The quantitative estimate of drug-likeness (QED) is 0.0663. The second kappa shape index (κ2) is 25.0. The molecule has 19 heteroatoms. The van der Waals surface area contributed by atoms with E-state index in [1.807, 2.05) is 36.4 Å². The van der Waals surface area contributed by atoms with Gasteiger partial charge in [0.1, 0.15) is 23.7 Å². The van der Waals surface area contributed by atoms with Gasteiger partial charge in [0.15, 0.2) is 24.3 Å². The van der Waals surface area contributed by atoms with Gasteiger partial charge in [-0.25, -0.2) is 19.6 Å². The van der Waals surface area contributed by atoms with E-state index < -0.39 is 18.2 Å². The summed E-state index contributed by atoms with van der Waals surface area (Å²) in [6.45, 7) is 2.73. The van der Waals surface area contributed by atoms with Crippen LogP contribution in [0.15, 0.2) is 119 Å². The molecular formula is C48H52N6O13. The Bertz CT molecular complexity index is 2520. The van der Waals surface area contributed by atoms with Crippen LogP contribution >= 0.6 is 0 Å². The minimum Gasteiger partial charge on any atom is -0.496 e. The molecule has 0 aliphatic carbocycles. The van der Waals surface area contributed by atoms with E-state index >= 15 is 0 Å². The van der Waals surface area contributed by atoms with Gasteiger partial charge in [0.25, 0.3) is 0 Å². The molecule has 4 aromatic carbocycles. The molecule has 4 heterocycles. The number of carboxylic acids is 1. The number of aliphatic carboxylic acids is 1. The number of oxazole rings is 2. The summed E-state index contributed by atoms with van der Waals surface area (Å²) in [6.07, 6.45) is 6.23. The molecule has 67 heavy (non-hydrogen) atoms. The lowest BCUT2D eigenvalue weighted by molar-refractivity contribution is -0.136. The number of amides is 3. The molecule has 6 N–H and O–H groups in total. The highest BCUT2D eigenvalue weighted by molar-refractivity contribution is 5.93. The average molecular weight is 921 g/mol. The van der Waals surface area contributed by atoms with Crippen molar-refractivity contribution in [3.05, 3.63) is 132 Å². The van der Waals surface area contributed by atoms with Gasteiger partial charge in [0, 0.05) is 49.4 Å². The van der Waals surface area contributed by atoms with Crippen LogP contribution in [0.1, 0.15) is 35.1 Å². The van der Waals surface area contributed by atoms with E-state index in [1.54, 1.807) is 75.1 Å². The molecule has 352 valence electrons. The molecule has 0 spiro atoms. The minimum atomic E-state index is -0.879. The molecular weight excluding hydrogens is 869 g/mol. The van der Waals surface area contributed by atoms with E-state index in [9.17, 15) is 19.2 Å². The summed E-state index contributed by atoms with van der Waals surface area (Å²) in [6, 6.07) is 25.3. The van der Waals surface area contributed by atoms with Crippen LogP contribution in [0.5, 0.6) is 11.5 Å². The summed E-state index contributed by atoms with van der Waals surface area (Å²) in [5, 5.41) is 17.0. The number of rotatable bonds is 15. The van der Waals surface area contributed by atoms with Gasteiger partial charge in [0.05, 0.1) is 77.0 Å². The highest BCUT2D eigenvalue weighted by Gasteiger charge is 2.21. The summed E-state index contributed by atoms with van der Waals surface area (Å²) < 4.78 is 41.9. The summed E-state index contributed by atoms with van der Waals surface area (Å²) in [4.78, 5) is 54.5. The summed E-state index contributed by atoms with van der Waals surface area (Å²) >= 11 is 0. The maximum absolute atomic E-state index is 12.6. The number of anilines is 2. The Balaban J connectivity index is 0.000000184. The average Bonchev–Trinajstić information content (AvgIpc) is 4.19. The third-order valence-electron chi connectivity index (χ3n) is 10.0. The van der Waals surface area contributed by atoms with Crippen LogP contribution < -0.4 is 31.2 Å². The fourth-order valence-corrected chi connectivity index (χ4v) is 6.79. The van der Waals surface area contributed by atoms with Gasteiger partial charge in [-0.15, -0.1) is 0 Å². The number of benzene rings is 4. The van der Waals surface area contributed by atoms with Crippen LogP contribution in [0.3, 0.4) is 0 Å². The Morgan fingerprint density at radius 2 is 1.18 bits per heavy atom. The highest BCUT2D eigenvalue weighted by atomic mass is 16.6. The van der Waals surface area contributed by atoms with E-state index in [1.165, 1.54) is 12.8 Å². The third-order valence-corrected chi connectivity index (χ3v) is 10.0. The summed E-state index contributed by atoms with van der Waals surface area (Å²) in [7, 11) is 3.15. The van der Waals surface area contributed by atoms with Gasteiger partial charge < -0.3 is 64.0 Å². The minimum absolute atomic E-state index is 0.0301. The lowest BCUT2D eigenvalue weighted by Crippen LogP contribution is -2.28. The fourth-order valence-electron chi connectivity index (χ4n) is 6.79. The van der Waals surface area contributed by atoms with Gasteiger partial charge in [-0.2, -0.15) is 0 Å². The predicted molar refractivity (Wildman–Crippen MR) is 243 cm³/mol. The second-order valence-electron chi connectivity index (χ2n) is 15.0. The molecule has 3 amide bonds. The molecule has 2 atom stereocenters. The van der Waals surface area contributed by atoms with Crippen molar-refractivity contribution in [1.82, 2.24) is 20.6 Å². The zero-order valence-corrected chi connectivity index (χ0v) is 36.9. The number of methoxy groups -OCH3 is 2. The molecule has 2 fully saturated rings. The number of nitrogens with two attached hydrogens (primary N) is 1. The number of ether oxygens (including phenoxy) is 6. The number of nitrogen functional groups attached to an aromatic ring is 1. The molecule has 2 aromatic heterocycles. The number of aromatic nitrogens is 2. The number of hydrogen-bond donors (Lipinski definition) is 5. The number of carboxylic acid groups (broad SMARTS) is 1. The molecule has 2 aliphatic heterocycles. The molecule has 8 rings (SSSR count). The second-order valence-corrected chi connectivity index (χ2v) is 15.0. The lowest BCUT2D eigenvalue weighted by Gasteiger charge is -2.12. The molecule has 0 unspecified atom stereocenters. The number of carbonyl (C=O) groups excluding carboxylic acids is 3. The van der Waals surface area contributed by atoms with Gasteiger partial charge >= 0.3 is 18.2 Å². The highest BCUT2D eigenvalue weighted by Crippen LogP contribution is 2.33. The number of carbonyl (C=O) groups is 4. The van der Waals surface area contributed by atoms with E-state index in [4.69, 9.17) is 48.1 Å². The number of nitrogens with one attached hydrogen (secondary N) is 3. The number of alkyl carbamates (subject to hydrolysis) is 2. The molecule has 2 aliphatic rings. The van der Waals surface area contributed by atoms with Crippen LogP contribution in [0.4, 0.5) is 21.0 Å². The van der Waals surface area contributed by atoms with E-state index in [-0.39, 0.29) is 31.0 Å². The Labute approximate surface area is 385 Å². The zero-order chi connectivity index (χ0) is 47.4. The van der Waals surface area contributed by atoms with Crippen molar-refractivity contribution in [2.45, 2.75) is 51.0 Å². The molecule has 19 nitrogen and oxygen atoms in total. The van der Waals surface area contributed by atoms with Crippen molar-refractivity contribution in [3.63, 3.8) is 0 Å². The molecule has 0 saturated carbocycles. The van der Waals surface area contributed by atoms with Crippen molar-refractivity contribution in [2.75, 3.05) is 51.7 Å². The molecule has 0 radical (unpaired) electrons. The van der Waals surface area contributed by atoms with Gasteiger partial charge in [0.2, 0.25) is 5.91 Å². The van der Waals surface area contributed by atoms with Crippen molar-refractivity contribution < 1.29 is 61.5 Å². The predicted octanol–water partition coefficient (Wildman–Crippen LogP) is 6.81. The van der Waals surface area contributed by atoms with Crippen LogP contribution in [0, 0.1) is 0 Å². The van der Waals surface area contributed by atoms with Crippen LogP contribution in [-0.4, -0.2) is 92.0 Å². The largest absolute Gasteiger partial charge is 0.496 e. The Hall–Kier alpha value is -7.90. The van der Waals surface area contributed by atoms with Crippen LogP contribution in [0.25, 0.3) is 22.6 Å². The van der Waals surface area contributed by atoms with E-state index in [0.717, 1.165) is 34.2 Å². The topological polar surface area (TPSA) is 258 Å². The zero-order valence-electron chi connectivity index (χ0n) is 36.9. The maximum Gasteiger partial charge on any atom is 0.407 e. The van der Waals surface area contributed by atoms with Gasteiger partial charge in [-0.05, 0) is 46.5 Å². The molecule has 0 bridgehead atoms. The smallest absolute Gasteiger partial charge is 0.407 e. The number of nitrogens with zero attached hydrogens (tertiary/aromatic N) is 2. The first-order chi connectivity index (χ1) is 32.5. The summed E-state index contributed by atoms with van der Waals surface area (Å²) in [5.74, 6) is 1.44. The van der Waals surface area contributed by atoms with Crippen molar-refractivity contribution >= 4 is 35.4 Å². The molecule has 2 saturated heterocycles. The first-order valence-corrected chi connectivity index (χ1v) is 21.2. The first kappa shape index (κ1) is 48.6. The van der Waals surface area contributed by atoms with Gasteiger partial charge in [-0.1, -0.05) is 48.5 Å². The van der Waals surface area contributed by atoms with Crippen molar-refractivity contribution in [2.24, 2.45) is 0 Å². The SMILES string of the molecule is COc1cc(N)ccc1-c1cnco1.COc1cc(NC(=O)Cc2cccc(CNC(=O)O[C@H]3CCOC3)c2)ccc1-c1cnco1.O=C(O)Cc1cccc(CNC(=O)O[C@H]2CCOC2)c1. The van der Waals surface area contributed by atoms with E-state index in [0.29, 0.717) is 85.9 Å². The standard InChI is InChI=1S/C24H25N3O6.C14H17NO5.C10H10N2O2/c1-30-21-11-18(5-6-20(21)22-13-25-15-32-22)27-23(28)10-16-3-2-4-17(9-16)12-26-24(29)33-19-7-8-31-14-19;16-13(17)7-10-2-1-3-11(6-10)8-15-14(18)20-12-4-5-19-9-12;1-13-9-4-7(11)2-3-8(9)10-5-12-6-14-10/h2-6,9,11,13,15,19H,7-8,10,12,14H2,1H3,(H,26,29)(H,27,28);1-3,6,12H,4-5,7-9H2,(H,15,18)(H,16,17);2-6H,11H2,1H3/t19-;12-;/m00./s1. The van der Waals surface area contributed by atoms with Crippen LogP contribution in [-0.2, 0) is 54.5 Å². The Morgan fingerprint density at radius 3 is 1.66 bits per heavy atom. The maximum atomic E-state index is 12.6. The van der Waals surface area contributed by atoms with Crippen LogP contribution in [0.2, 0.25) is 0 Å². The third kappa shape index (κ3) is 15.6. The fraction of sp³-hybridized carbons (Fsp3) is 0.292. The van der Waals surface area contributed by atoms with Crippen molar-refractivity contribution in [3.8, 4) is 34.1 Å². The summed E-state index contributed by atoms with van der Waals surface area (Å²) in [5.41, 5.74) is 11.7. The number of hydrogen-bond acceptors (Lipinski definition) is 15. The first-order valence-electron chi connectivity index (χ1n) is 21.2. The lowest BCUT2D eigenvalue weighted by atomic mass is 10.1. The Morgan fingerprint density at radius 1 is 0.672 bits per heavy atom. The molecule has 6 aromatic rings. The van der Waals surface area contributed by atoms with Gasteiger partial charge in [-0.3, -0.25) is 9.59 Å². The Kier molecular flexibility index (Phi) is 18.1. The van der Waals surface area contributed by atoms with E-state index in [2.05, 4.69) is 25.9 Å². The normalized spacial score (nSPS) is 14.8. The van der Waals surface area contributed by atoms with Crippen molar-refractivity contribution in [1.29, 1.82) is 0 Å².